The average Bonchev–Trinajstić information content (AvgIpc) is 2.72. The first-order valence-electron chi connectivity index (χ1n) is 8.76. The van der Waals surface area contributed by atoms with Gasteiger partial charge in [0, 0.05) is 19.6 Å². The van der Waals surface area contributed by atoms with Crippen molar-refractivity contribution in [2.24, 2.45) is 5.92 Å². The highest BCUT2D eigenvalue weighted by molar-refractivity contribution is 5.72. The van der Waals surface area contributed by atoms with Crippen LogP contribution in [0.3, 0.4) is 0 Å². The van der Waals surface area contributed by atoms with Crippen molar-refractivity contribution in [3.63, 3.8) is 0 Å². The number of nitrogens with zero attached hydrogens (tertiary/aromatic N) is 1. The Balaban J connectivity index is 2.15. The molecule has 0 spiro atoms. The molecule has 0 radical (unpaired) electrons. The van der Waals surface area contributed by atoms with Crippen molar-refractivity contribution < 1.29 is 24.1 Å². The zero-order valence-electron chi connectivity index (χ0n) is 16.1. The van der Waals surface area contributed by atoms with Gasteiger partial charge in [0.15, 0.2) is 0 Å². The summed E-state index contributed by atoms with van der Waals surface area (Å²) in [6.07, 6.45) is 0. The van der Waals surface area contributed by atoms with Crippen LogP contribution < -0.4 is 9.47 Å². The molecule has 0 aliphatic carbocycles. The fourth-order valence-corrected chi connectivity index (χ4v) is 2.85. The topological polar surface area (TPSA) is 68.2 Å². The minimum absolute atomic E-state index is 0.256. The molecule has 1 N–H and O–H groups in total. The van der Waals surface area contributed by atoms with Gasteiger partial charge in [0.1, 0.15) is 11.5 Å². The molecule has 146 valence electrons. The molecule has 0 unspecified atom stereocenters. The number of rotatable bonds is 10. The highest BCUT2D eigenvalue weighted by Crippen LogP contribution is 2.18. The maximum atomic E-state index is 11.9. The lowest BCUT2D eigenvalue weighted by Crippen LogP contribution is -2.35. The predicted molar refractivity (Wildman–Crippen MR) is 103 cm³/mol. The van der Waals surface area contributed by atoms with Crippen molar-refractivity contribution in [1.82, 2.24) is 4.90 Å². The van der Waals surface area contributed by atoms with Gasteiger partial charge in [-0.2, -0.15) is 0 Å². The van der Waals surface area contributed by atoms with E-state index in [2.05, 4.69) is 4.90 Å². The Labute approximate surface area is 160 Å². The Kier molecular flexibility index (Phi) is 8.10. The van der Waals surface area contributed by atoms with Gasteiger partial charge >= 0.3 is 5.97 Å². The van der Waals surface area contributed by atoms with E-state index < -0.39 is 11.9 Å². The first-order valence-corrected chi connectivity index (χ1v) is 8.76. The first kappa shape index (κ1) is 20.7. The van der Waals surface area contributed by atoms with Crippen LogP contribution in [0.2, 0.25) is 0 Å². The lowest BCUT2D eigenvalue weighted by atomic mass is 10.1. The van der Waals surface area contributed by atoms with Crippen LogP contribution in [-0.2, 0) is 22.6 Å². The quantitative estimate of drug-likeness (QED) is 0.646. The van der Waals surface area contributed by atoms with Crippen LogP contribution in [0.5, 0.6) is 11.5 Å². The molecule has 1 atom stereocenters. The van der Waals surface area contributed by atoms with E-state index in [0.29, 0.717) is 19.6 Å². The highest BCUT2D eigenvalue weighted by atomic mass is 16.5. The lowest BCUT2D eigenvalue weighted by Gasteiger charge is -2.26. The second kappa shape index (κ2) is 10.5. The Morgan fingerprint density at radius 1 is 0.889 bits per heavy atom. The summed E-state index contributed by atoms with van der Waals surface area (Å²) < 4.78 is 15.2. The van der Waals surface area contributed by atoms with Crippen LogP contribution in [0, 0.1) is 5.92 Å². The van der Waals surface area contributed by atoms with E-state index in [1.54, 1.807) is 14.2 Å². The number of carbonyl (C=O) groups is 1. The molecule has 0 saturated heterocycles. The summed E-state index contributed by atoms with van der Waals surface area (Å²) in [5.41, 5.74) is 2.18. The minimum Gasteiger partial charge on any atom is -0.497 e. The molecule has 0 aliphatic rings. The van der Waals surface area contributed by atoms with E-state index in [9.17, 15) is 9.90 Å². The normalized spacial score (nSPS) is 11.9. The monoisotopic (exact) mass is 373 g/mol. The Bertz CT molecular complexity index is 650. The summed E-state index contributed by atoms with van der Waals surface area (Å²) in [5, 5.41) is 9.58. The fraction of sp³-hybridized carbons (Fsp3) is 0.381. The van der Waals surface area contributed by atoms with Gasteiger partial charge < -0.3 is 19.3 Å². The second-order valence-electron chi connectivity index (χ2n) is 6.27. The SMILES string of the molecule is COC(=O)[C@@H](CO)CN(Cc1ccc(OC)cc1)Cc1ccc(OC)cc1. The largest absolute Gasteiger partial charge is 0.497 e. The van der Waals surface area contributed by atoms with Crippen molar-refractivity contribution >= 4 is 5.97 Å². The Morgan fingerprint density at radius 3 is 1.67 bits per heavy atom. The van der Waals surface area contributed by atoms with Gasteiger partial charge in [-0.1, -0.05) is 24.3 Å². The van der Waals surface area contributed by atoms with E-state index >= 15 is 0 Å². The lowest BCUT2D eigenvalue weighted by molar-refractivity contribution is -0.147. The molecule has 27 heavy (non-hydrogen) atoms. The van der Waals surface area contributed by atoms with Crippen molar-refractivity contribution in [2.45, 2.75) is 13.1 Å². The van der Waals surface area contributed by atoms with Gasteiger partial charge in [0.25, 0.3) is 0 Å². The average molecular weight is 373 g/mol. The van der Waals surface area contributed by atoms with E-state index in [4.69, 9.17) is 14.2 Å². The third-order valence-electron chi connectivity index (χ3n) is 4.36. The summed E-state index contributed by atoms with van der Waals surface area (Å²) in [6.45, 7) is 1.39. The molecule has 6 nitrogen and oxygen atoms in total. The van der Waals surface area contributed by atoms with Gasteiger partial charge in [-0.15, -0.1) is 0 Å². The number of aliphatic hydroxyl groups excluding tert-OH is 1. The molecule has 0 amide bonds. The van der Waals surface area contributed by atoms with Gasteiger partial charge in [0.2, 0.25) is 0 Å². The van der Waals surface area contributed by atoms with Gasteiger partial charge in [0.05, 0.1) is 33.9 Å². The van der Waals surface area contributed by atoms with Crippen molar-refractivity contribution in [2.75, 3.05) is 34.5 Å². The zero-order chi connectivity index (χ0) is 19.6. The molecule has 0 aliphatic heterocycles. The first-order chi connectivity index (χ1) is 13.1. The summed E-state index contributed by atoms with van der Waals surface area (Å²) in [6, 6.07) is 15.6. The maximum Gasteiger partial charge on any atom is 0.312 e. The fourth-order valence-electron chi connectivity index (χ4n) is 2.85. The summed E-state index contributed by atoms with van der Waals surface area (Å²) in [5.74, 6) is 0.588. The van der Waals surface area contributed by atoms with Crippen LogP contribution in [0.4, 0.5) is 0 Å². The number of benzene rings is 2. The molecule has 0 bridgehead atoms. The number of hydrogen-bond donors (Lipinski definition) is 1. The molecule has 2 rings (SSSR count). The molecular weight excluding hydrogens is 346 g/mol. The molecule has 0 saturated carbocycles. The summed E-state index contributed by atoms with van der Waals surface area (Å²) in [4.78, 5) is 14.0. The van der Waals surface area contributed by atoms with Crippen molar-refractivity contribution in [1.29, 1.82) is 0 Å². The van der Waals surface area contributed by atoms with Gasteiger partial charge in [-0.05, 0) is 35.4 Å². The van der Waals surface area contributed by atoms with Crippen LogP contribution >= 0.6 is 0 Å². The third-order valence-corrected chi connectivity index (χ3v) is 4.36. The molecule has 2 aromatic rings. The number of aliphatic hydroxyl groups is 1. The van der Waals surface area contributed by atoms with Crippen molar-refractivity contribution in [3.05, 3.63) is 59.7 Å². The maximum absolute atomic E-state index is 11.9. The van der Waals surface area contributed by atoms with Crippen LogP contribution in [0.15, 0.2) is 48.5 Å². The second-order valence-corrected chi connectivity index (χ2v) is 6.27. The third kappa shape index (κ3) is 6.27. The molecule has 6 heteroatoms. The number of carbonyl (C=O) groups excluding carboxylic acids is 1. The smallest absolute Gasteiger partial charge is 0.312 e. The molecule has 0 fully saturated rings. The highest BCUT2D eigenvalue weighted by Gasteiger charge is 2.22. The number of hydrogen-bond acceptors (Lipinski definition) is 6. The Morgan fingerprint density at radius 2 is 1.33 bits per heavy atom. The zero-order valence-corrected chi connectivity index (χ0v) is 16.1. The molecule has 0 aromatic heterocycles. The summed E-state index contributed by atoms with van der Waals surface area (Å²) in [7, 11) is 4.60. The number of ether oxygens (including phenoxy) is 3. The number of esters is 1. The van der Waals surface area contributed by atoms with Crippen LogP contribution in [0.1, 0.15) is 11.1 Å². The molecule has 2 aromatic carbocycles. The number of methoxy groups -OCH3 is 3. The molecular formula is C21H27NO5. The standard InChI is InChI=1S/C21H27NO5/c1-25-19-8-4-16(5-9-19)12-22(14-18(15-23)21(24)27-3)13-17-6-10-20(26-2)11-7-17/h4-11,18,23H,12-15H2,1-3H3/t18-/m1/s1. The van der Waals surface area contributed by atoms with Crippen LogP contribution in [-0.4, -0.2) is 50.5 Å². The van der Waals surface area contributed by atoms with E-state index in [1.165, 1.54) is 7.11 Å². The van der Waals surface area contributed by atoms with Gasteiger partial charge in [-0.25, -0.2) is 0 Å². The summed E-state index contributed by atoms with van der Waals surface area (Å²) >= 11 is 0. The predicted octanol–water partition coefficient (Wildman–Crippen LogP) is 2.49. The van der Waals surface area contributed by atoms with Crippen molar-refractivity contribution in [3.8, 4) is 11.5 Å². The minimum atomic E-state index is -0.591. The van der Waals surface area contributed by atoms with E-state index in [0.717, 1.165) is 22.6 Å². The Hall–Kier alpha value is -2.57. The van der Waals surface area contributed by atoms with E-state index in [-0.39, 0.29) is 6.61 Å². The molecule has 0 heterocycles. The van der Waals surface area contributed by atoms with Crippen LogP contribution in [0.25, 0.3) is 0 Å². The van der Waals surface area contributed by atoms with E-state index in [1.807, 2.05) is 48.5 Å². The van der Waals surface area contributed by atoms with Gasteiger partial charge in [-0.3, -0.25) is 9.69 Å².